The normalized spacial score (nSPS) is 20.7. The molecule has 3 aliphatic rings. The molecule has 190 valence electrons. The van der Waals surface area contributed by atoms with Crippen LogP contribution in [0.4, 0.5) is 4.39 Å². The van der Waals surface area contributed by atoms with Crippen molar-refractivity contribution in [3.05, 3.63) is 125 Å². The summed E-state index contributed by atoms with van der Waals surface area (Å²) in [6.07, 6.45) is 7.54. The summed E-state index contributed by atoms with van der Waals surface area (Å²) in [5.41, 5.74) is 3.88. The molecule has 3 aromatic carbocycles. The van der Waals surface area contributed by atoms with Crippen LogP contribution < -0.4 is 10.6 Å². The Morgan fingerprint density at radius 2 is 1.74 bits per heavy atom. The number of nitrogens with one attached hydrogen (secondary N) is 2. The smallest absolute Gasteiger partial charge is 0.251 e. The second kappa shape index (κ2) is 9.41. The van der Waals surface area contributed by atoms with E-state index in [4.69, 9.17) is 4.99 Å². The van der Waals surface area contributed by atoms with Crippen LogP contribution in [0.25, 0.3) is 5.57 Å². The number of aliphatic imine (C=N–C) groups is 1. The van der Waals surface area contributed by atoms with Crippen molar-refractivity contribution in [2.45, 2.75) is 30.5 Å². The van der Waals surface area contributed by atoms with E-state index in [1.54, 1.807) is 19.2 Å². The standard InChI is InChI=1S/C31H27FN4O2/c1-33-30(38)28-27(20-10-13-25(32)14-11-20)34-26-15-12-23(19-36(26)28)21-6-5-7-22(18-21)29(37)35-31(16-17-31)24-8-3-2-4-9-24/h2-15,18-19,27-28H,16-17H2,1H3,(H,33,38)(H,35,37). The van der Waals surface area contributed by atoms with E-state index in [2.05, 4.69) is 22.8 Å². The van der Waals surface area contributed by atoms with Crippen LogP contribution >= 0.6 is 0 Å². The van der Waals surface area contributed by atoms with Gasteiger partial charge in [-0.3, -0.25) is 14.6 Å². The zero-order chi connectivity index (χ0) is 26.3. The number of hydrogen-bond donors (Lipinski definition) is 2. The first-order chi connectivity index (χ1) is 18.5. The lowest BCUT2D eigenvalue weighted by Gasteiger charge is -2.28. The van der Waals surface area contributed by atoms with Gasteiger partial charge >= 0.3 is 0 Å². The van der Waals surface area contributed by atoms with E-state index in [0.717, 1.165) is 35.1 Å². The fourth-order valence-corrected chi connectivity index (χ4v) is 5.21. The van der Waals surface area contributed by atoms with Crippen LogP contribution in [0.5, 0.6) is 0 Å². The Labute approximate surface area is 220 Å². The van der Waals surface area contributed by atoms with Crippen LogP contribution in [0, 0.1) is 5.82 Å². The molecule has 0 spiro atoms. The molecule has 1 aliphatic carbocycles. The van der Waals surface area contributed by atoms with Gasteiger partial charge in [-0.1, -0.05) is 54.6 Å². The van der Waals surface area contributed by atoms with Crippen molar-refractivity contribution in [2.75, 3.05) is 7.05 Å². The first kappa shape index (κ1) is 23.9. The lowest BCUT2D eigenvalue weighted by Crippen LogP contribution is -2.45. The Hall–Kier alpha value is -4.52. The van der Waals surface area contributed by atoms with E-state index in [-0.39, 0.29) is 23.2 Å². The Balaban J connectivity index is 1.27. The molecule has 0 aromatic heterocycles. The molecule has 2 N–H and O–H groups in total. The van der Waals surface area contributed by atoms with E-state index >= 15 is 0 Å². The van der Waals surface area contributed by atoms with Gasteiger partial charge in [0, 0.05) is 18.8 Å². The number of amidine groups is 1. The predicted octanol–water partition coefficient (Wildman–Crippen LogP) is 4.73. The maximum atomic E-state index is 13.5. The summed E-state index contributed by atoms with van der Waals surface area (Å²) in [5.74, 6) is 0.0180. The van der Waals surface area contributed by atoms with Crippen LogP contribution in [0.1, 0.15) is 45.9 Å². The van der Waals surface area contributed by atoms with Crippen molar-refractivity contribution < 1.29 is 14.0 Å². The molecule has 1 saturated carbocycles. The average Bonchev–Trinajstić information content (AvgIpc) is 3.64. The van der Waals surface area contributed by atoms with Gasteiger partial charge in [0.2, 0.25) is 5.91 Å². The fourth-order valence-electron chi connectivity index (χ4n) is 5.21. The van der Waals surface area contributed by atoms with Gasteiger partial charge in [0.15, 0.2) is 0 Å². The number of likely N-dealkylation sites (N-methyl/N-ethyl adjacent to an activating group) is 1. The SMILES string of the molecule is CNC(=O)C1C(c2ccc(F)cc2)N=C2C=CC(c3cccc(C(=O)NC4(c5ccccc5)CC4)c3)=CN21. The lowest BCUT2D eigenvalue weighted by molar-refractivity contribution is -0.124. The molecule has 2 unspecified atom stereocenters. The fraction of sp³-hybridized carbons (Fsp3) is 0.194. The summed E-state index contributed by atoms with van der Waals surface area (Å²) in [7, 11) is 1.59. The minimum atomic E-state index is -0.618. The van der Waals surface area contributed by atoms with Crippen LogP contribution in [0.15, 0.2) is 102 Å². The topological polar surface area (TPSA) is 73.8 Å². The number of halogens is 1. The van der Waals surface area contributed by atoms with Crippen molar-refractivity contribution in [3.63, 3.8) is 0 Å². The number of rotatable bonds is 6. The zero-order valence-electron chi connectivity index (χ0n) is 20.9. The highest BCUT2D eigenvalue weighted by atomic mass is 19.1. The number of hydrogen-bond acceptors (Lipinski definition) is 4. The summed E-state index contributed by atoms with van der Waals surface area (Å²) in [6, 6.07) is 22.6. The third-order valence-corrected chi connectivity index (χ3v) is 7.44. The number of amides is 2. The van der Waals surface area contributed by atoms with Crippen LogP contribution in [0.3, 0.4) is 0 Å². The van der Waals surface area contributed by atoms with E-state index < -0.39 is 12.1 Å². The van der Waals surface area contributed by atoms with Crippen molar-refractivity contribution in [1.82, 2.24) is 15.5 Å². The third-order valence-electron chi connectivity index (χ3n) is 7.44. The molecule has 0 radical (unpaired) electrons. The van der Waals surface area contributed by atoms with Gasteiger partial charge in [-0.2, -0.15) is 0 Å². The van der Waals surface area contributed by atoms with Gasteiger partial charge in [0.05, 0.1) is 5.54 Å². The number of fused-ring (bicyclic) bond motifs is 1. The van der Waals surface area contributed by atoms with Crippen LogP contribution in [-0.4, -0.2) is 35.6 Å². The second-order valence-corrected chi connectivity index (χ2v) is 9.85. The summed E-state index contributed by atoms with van der Waals surface area (Å²) >= 11 is 0. The molecule has 3 aromatic rings. The zero-order valence-corrected chi connectivity index (χ0v) is 20.9. The first-order valence-electron chi connectivity index (χ1n) is 12.7. The highest BCUT2D eigenvalue weighted by Crippen LogP contribution is 2.45. The monoisotopic (exact) mass is 506 g/mol. The van der Waals surface area contributed by atoms with Gasteiger partial charge in [-0.15, -0.1) is 0 Å². The lowest BCUT2D eigenvalue weighted by atomic mass is 9.97. The van der Waals surface area contributed by atoms with Crippen LogP contribution in [0.2, 0.25) is 0 Å². The van der Waals surface area contributed by atoms with E-state index in [1.807, 2.05) is 65.7 Å². The highest BCUT2D eigenvalue weighted by molar-refractivity contribution is 6.05. The molecule has 2 amide bonds. The first-order valence-corrected chi connectivity index (χ1v) is 12.7. The molecular weight excluding hydrogens is 479 g/mol. The number of benzene rings is 3. The van der Waals surface area contributed by atoms with Crippen molar-refractivity contribution in [3.8, 4) is 0 Å². The minimum Gasteiger partial charge on any atom is -0.357 e. The molecule has 2 heterocycles. The molecule has 2 atom stereocenters. The van der Waals surface area contributed by atoms with Gasteiger partial charge in [-0.25, -0.2) is 4.39 Å². The summed E-state index contributed by atoms with van der Waals surface area (Å²) in [6.45, 7) is 0. The van der Waals surface area contributed by atoms with E-state index in [0.29, 0.717) is 11.4 Å². The molecule has 1 fully saturated rings. The average molecular weight is 507 g/mol. The summed E-state index contributed by atoms with van der Waals surface area (Å²) in [4.78, 5) is 32.8. The highest BCUT2D eigenvalue weighted by Gasteiger charge is 2.45. The molecule has 0 saturated heterocycles. The van der Waals surface area contributed by atoms with E-state index in [9.17, 15) is 14.0 Å². The second-order valence-electron chi connectivity index (χ2n) is 9.85. The summed E-state index contributed by atoms with van der Waals surface area (Å²) < 4.78 is 13.5. The minimum absolute atomic E-state index is 0.114. The predicted molar refractivity (Wildman–Crippen MR) is 145 cm³/mol. The maximum absolute atomic E-state index is 13.5. The molecule has 0 bridgehead atoms. The Bertz CT molecular complexity index is 1490. The number of nitrogens with zero attached hydrogens (tertiary/aromatic N) is 2. The van der Waals surface area contributed by atoms with Crippen molar-refractivity contribution >= 4 is 23.2 Å². The van der Waals surface area contributed by atoms with Crippen molar-refractivity contribution in [1.29, 1.82) is 0 Å². The molecule has 6 rings (SSSR count). The molecule has 7 heteroatoms. The van der Waals surface area contributed by atoms with Gasteiger partial charge in [0.1, 0.15) is 23.7 Å². The molecule has 6 nitrogen and oxygen atoms in total. The number of carbonyl (C=O) groups excluding carboxylic acids is 2. The Morgan fingerprint density at radius 3 is 2.45 bits per heavy atom. The Kier molecular flexibility index (Phi) is 5.91. The third kappa shape index (κ3) is 4.30. The maximum Gasteiger partial charge on any atom is 0.251 e. The molecule has 2 aliphatic heterocycles. The van der Waals surface area contributed by atoms with Gasteiger partial charge in [-0.05, 0) is 71.5 Å². The largest absolute Gasteiger partial charge is 0.357 e. The quantitative estimate of drug-likeness (QED) is 0.508. The van der Waals surface area contributed by atoms with Gasteiger partial charge < -0.3 is 15.5 Å². The molecular formula is C31H27FN4O2. The Morgan fingerprint density at radius 1 is 0.974 bits per heavy atom. The van der Waals surface area contributed by atoms with E-state index in [1.165, 1.54) is 12.1 Å². The van der Waals surface area contributed by atoms with Crippen LogP contribution in [-0.2, 0) is 10.3 Å². The summed E-state index contributed by atoms with van der Waals surface area (Å²) in [5, 5.41) is 5.98. The number of carbonyl (C=O) groups is 2. The molecule has 38 heavy (non-hydrogen) atoms. The van der Waals surface area contributed by atoms with Gasteiger partial charge in [0.25, 0.3) is 5.91 Å². The number of allylic oxidation sites excluding steroid dienone is 2. The van der Waals surface area contributed by atoms with Crippen molar-refractivity contribution in [2.24, 2.45) is 4.99 Å².